The van der Waals surface area contributed by atoms with Crippen LogP contribution in [0.1, 0.15) is 52.9 Å². The molecule has 94 valence electrons. The number of hydrogen-bond acceptors (Lipinski definition) is 2. The van der Waals surface area contributed by atoms with Gasteiger partial charge in [-0.05, 0) is 55.9 Å². The van der Waals surface area contributed by atoms with Crippen LogP contribution in [-0.2, 0) is 0 Å². The Labute approximate surface area is 99.8 Å². The minimum absolute atomic E-state index is 0.0238. The molecule has 0 amide bonds. The van der Waals surface area contributed by atoms with E-state index in [0.29, 0.717) is 17.4 Å². The maximum absolute atomic E-state index is 9.50. The van der Waals surface area contributed by atoms with Crippen LogP contribution in [0.3, 0.4) is 0 Å². The van der Waals surface area contributed by atoms with Gasteiger partial charge in [-0.3, -0.25) is 0 Å². The molecule has 0 bridgehead atoms. The Kier molecular flexibility index (Phi) is 3.60. The lowest BCUT2D eigenvalue weighted by atomic mass is 9.91. The Bertz CT molecular complexity index is 239. The molecule has 2 fully saturated rings. The van der Waals surface area contributed by atoms with Gasteiger partial charge >= 0.3 is 0 Å². The molecule has 0 aromatic heterocycles. The Balaban J connectivity index is 1.74. The summed E-state index contributed by atoms with van der Waals surface area (Å²) < 4.78 is 0. The summed E-state index contributed by atoms with van der Waals surface area (Å²) in [5.41, 5.74) is 0.520. The van der Waals surface area contributed by atoms with Gasteiger partial charge in [0, 0.05) is 6.04 Å². The zero-order valence-electron chi connectivity index (χ0n) is 11.0. The van der Waals surface area contributed by atoms with E-state index in [1.54, 1.807) is 0 Å². The number of nitrogens with one attached hydrogen (secondary N) is 1. The van der Waals surface area contributed by atoms with E-state index < -0.39 is 0 Å². The second kappa shape index (κ2) is 4.66. The first-order valence-electron chi connectivity index (χ1n) is 6.88. The summed E-state index contributed by atoms with van der Waals surface area (Å²) in [6.45, 7) is 8.24. The molecule has 2 rings (SSSR count). The van der Waals surface area contributed by atoms with Gasteiger partial charge in [-0.2, -0.15) is 0 Å². The quantitative estimate of drug-likeness (QED) is 0.773. The molecule has 0 spiro atoms. The normalized spacial score (nSPS) is 42.8. The SMILES string of the molecule is C[C@@H]1CC(C)(C)C[C@@H]1NC[C@@H]1CC[C@@H](O)C1. The minimum Gasteiger partial charge on any atom is -0.393 e. The van der Waals surface area contributed by atoms with E-state index >= 15 is 0 Å². The van der Waals surface area contributed by atoms with E-state index in [9.17, 15) is 5.11 Å². The summed E-state index contributed by atoms with van der Waals surface area (Å²) in [5.74, 6) is 1.52. The molecule has 0 radical (unpaired) electrons. The van der Waals surface area contributed by atoms with Crippen molar-refractivity contribution in [1.29, 1.82) is 0 Å². The van der Waals surface area contributed by atoms with Gasteiger partial charge in [-0.1, -0.05) is 20.8 Å². The van der Waals surface area contributed by atoms with Crippen molar-refractivity contribution < 1.29 is 5.11 Å². The molecule has 0 aliphatic heterocycles. The van der Waals surface area contributed by atoms with Gasteiger partial charge < -0.3 is 10.4 Å². The molecule has 2 N–H and O–H groups in total. The van der Waals surface area contributed by atoms with Gasteiger partial charge in [0.2, 0.25) is 0 Å². The van der Waals surface area contributed by atoms with Gasteiger partial charge in [0.05, 0.1) is 6.10 Å². The second-order valence-corrected chi connectivity index (χ2v) is 6.90. The van der Waals surface area contributed by atoms with Gasteiger partial charge in [0.25, 0.3) is 0 Å². The monoisotopic (exact) mass is 225 g/mol. The first-order valence-corrected chi connectivity index (χ1v) is 6.88. The highest BCUT2D eigenvalue weighted by Gasteiger charge is 2.36. The first-order chi connectivity index (χ1) is 7.46. The first kappa shape index (κ1) is 12.4. The second-order valence-electron chi connectivity index (χ2n) is 6.90. The van der Waals surface area contributed by atoms with Gasteiger partial charge in [0.1, 0.15) is 0 Å². The van der Waals surface area contributed by atoms with Crippen LogP contribution in [0.15, 0.2) is 0 Å². The van der Waals surface area contributed by atoms with Crippen molar-refractivity contribution in [2.24, 2.45) is 17.3 Å². The molecule has 2 heteroatoms. The van der Waals surface area contributed by atoms with E-state index in [1.165, 1.54) is 19.3 Å². The number of rotatable bonds is 3. The van der Waals surface area contributed by atoms with E-state index in [2.05, 4.69) is 26.1 Å². The molecule has 2 nitrogen and oxygen atoms in total. The van der Waals surface area contributed by atoms with Gasteiger partial charge in [-0.15, -0.1) is 0 Å². The molecule has 4 atom stereocenters. The summed E-state index contributed by atoms with van der Waals surface area (Å²) in [5, 5.41) is 13.2. The Morgan fingerprint density at radius 2 is 2.00 bits per heavy atom. The van der Waals surface area contributed by atoms with E-state index in [4.69, 9.17) is 0 Å². The topological polar surface area (TPSA) is 32.3 Å². The highest BCUT2D eigenvalue weighted by Crippen LogP contribution is 2.41. The summed E-state index contributed by atoms with van der Waals surface area (Å²) >= 11 is 0. The lowest BCUT2D eigenvalue weighted by Gasteiger charge is -2.20. The molecule has 0 unspecified atom stereocenters. The summed E-state index contributed by atoms with van der Waals surface area (Å²) in [6, 6.07) is 0.702. The lowest BCUT2D eigenvalue weighted by molar-refractivity contribution is 0.176. The number of aliphatic hydroxyl groups is 1. The standard InChI is InChI=1S/C14H27NO/c1-10-7-14(2,3)8-13(10)15-9-11-4-5-12(16)6-11/h10-13,15-16H,4-9H2,1-3H3/t10-,11-,12-,13+/m1/s1. The third-order valence-corrected chi connectivity index (χ3v) is 4.52. The molecular weight excluding hydrogens is 198 g/mol. The smallest absolute Gasteiger partial charge is 0.0543 e. The Hall–Kier alpha value is -0.0800. The van der Waals surface area contributed by atoms with Crippen LogP contribution >= 0.6 is 0 Å². The molecule has 16 heavy (non-hydrogen) atoms. The average molecular weight is 225 g/mol. The van der Waals surface area contributed by atoms with E-state index in [0.717, 1.165) is 25.3 Å². The van der Waals surface area contributed by atoms with Crippen molar-refractivity contribution in [1.82, 2.24) is 5.32 Å². The van der Waals surface area contributed by atoms with Crippen LogP contribution in [-0.4, -0.2) is 23.8 Å². The molecular formula is C14H27NO. The minimum atomic E-state index is -0.0238. The molecule has 0 aromatic carbocycles. The predicted octanol–water partition coefficient (Wildman–Crippen LogP) is 2.56. The van der Waals surface area contributed by atoms with Gasteiger partial charge in [-0.25, -0.2) is 0 Å². The van der Waals surface area contributed by atoms with Crippen LogP contribution in [0.5, 0.6) is 0 Å². The zero-order valence-corrected chi connectivity index (χ0v) is 11.0. The zero-order chi connectivity index (χ0) is 11.8. The Morgan fingerprint density at radius 3 is 2.50 bits per heavy atom. The van der Waals surface area contributed by atoms with Crippen molar-refractivity contribution in [3.8, 4) is 0 Å². The largest absolute Gasteiger partial charge is 0.393 e. The van der Waals surface area contributed by atoms with Crippen molar-refractivity contribution in [3.63, 3.8) is 0 Å². The summed E-state index contributed by atoms with van der Waals surface area (Å²) in [6.07, 6.45) is 5.86. The van der Waals surface area contributed by atoms with Gasteiger partial charge in [0.15, 0.2) is 0 Å². The fraction of sp³-hybridized carbons (Fsp3) is 1.00. The molecule has 0 heterocycles. The predicted molar refractivity (Wildman–Crippen MR) is 67.3 cm³/mol. The van der Waals surface area contributed by atoms with Crippen LogP contribution in [0.2, 0.25) is 0 Å². The summed E-state index contributed by atoms with van der Waals surface area (Å²) in [7, 11) is 0. The van der Waals surface area contributed by atoms with Crippen molar-refractivity contribution in [2.75, 3.05) is 6.54 Å². The Morgan fingerprint density at radius 1 is 1.25 bits per heavy atom. The maximum Gasteiger partial charge on any atom is 0.0543 e. The third kappa shape index (κ3) is 2.98. The van der Waals surface area contributed by atoms with Crippen LogP contribution in [0, 0.1) is 17.3 Å². The molecule has 2 aliphatic rings. The molecule has 2 aliphatic carbocycles. The van der Waals surface area contributed by atoms with Crippen molar-refractivity contribution in [3.05, 3.63) is 0 Å². The fourth-order valence-electron chi connectivity index (χ4n) is 3.72. The fourth-order valence-corrected chi connectivity index (χ4v) is 3.72. The average Bonchev–Trinajstić information content (AvgIpc) is 2.67. The third-order valence-electron chi connectivity index (χ3n) is 4.52. The summed E-state index contributed by atoms with van der Waals surface area (Å²) in [4.78, 5) is 0. The van der Waals surface area contributed by atoms with Crippen molar-refractivity contribution >= 4 is 0 Å². The highest BCUT2D eigenvalue weighted by molar-refractivity contribution is 4.91. The van der Waals surface area contributed by atoms with Crippen LogP contribution in [0.25, 0.3) is 0 Å². The lowest BCUT2D eigenvalue weighted by Crippen LogP contribution is -2.35. The highest BCUT2D eigenvalue weighted by atomic mass is 16.3. The van der Waals surface area contributed by atoms with E-state index in [1.807, 2.05) is 0 Å². The number of hydrogen-bond donors (Lipinski definition) is 2. The molecule has 0 saturated heterocycles. The molecule has 0 aromatic rings. The van der Waals surface area contributed by atoms with Crippen LogP contribution in [0.4, 0.5) is 0 Å². The number of aliphatic hydroxyl groups excluding tert-OH is 1. The maximum atomic E-state index is 9.50. The van der Waals surface area contributed by atoms with Crippen molar-refractivity contribution in [2.45, 2.75) is 65.0 Å². The molecule has 2 saturated carbocycles. The van der Waals surface area contributed by atoms with E-state index in [-0.39, 0.29) is 6.10 Å². The van der Waals surface area contributed by atoms with Crippen LogP contribution < -0.4 is 5.32 Å².